The first kappa shape index (κ1) is 73.9. The minimum absolute atomic E-state index is 0.875. The number of benzene rings is 2. The van der Waals surface area contributed by atoms with Crippen molar-refractivity contribution < 1.29 is 0 Å². The lowest BCUT2D eigenvalue weighted by atomic mass is 10.0. The molecule has 0 aliphatic rings. The van der Waals surface area contributed by atoms with Gasteiger partial charge in [-0.15, -0.1) is 0 Å². The molecule has 2 aromatic rings. The minimum atomic E-state index is 0.875. The third-order valence-corrected chi connectivity index (χ3v) is 17.0. The molecular weight excluding hydrogens is 977 g/mol. The number of aliphatic imine (C=N–C) groups is 2. The summed E-state index contributed by atoms with van der Waals surface area (Å²) in [6.07, 6.45) is 83.6. The standard InChI is InChI=1S/C79H134N2/c1-5-9-13-16-19-22-24-26-28-30-32-34-36-38-40-42-44-46-48-51-53-56-59-66-74-68-62-64-71-76(74)80-78(70-12-8-4)79(73-61-58-55-50-21-18-15-11-7-3)81-77-72-65-63-69-75(77)67-60-57-54-52-49-47-45-43-41-39-37-35-33-31-29-27-25-23-20-17-14-10-6-2/h51-54,62-65,68-69,71-72H,5-50,55-60,66-67,70H2,1-4H3. The van der Waals surface area contributed by atoms with Gasteiger partial charge in [-0.25, -0.2) is 4.99 Å². The average molecular weight is 1110 g/mol. The molecule has 0 atom stereocenters. The van der Waals surface area contributed by atoms with Crippen molar-refractivity contribution in [3.8, 4) is 11.8 Å². The molecule has 81 heavy (non-hydrogen) atoms. The monoisotopic (exact) mass is 1110 g/mol. The zero-order chi connectivity index (χ0) is 57.7. The molecular formula is C79H134N2. The smallest absolute Gasteiger partial charge is 0.135 e. The van der Waals surface area contributed by atoms with Crippen LogP contribution in [0.3, 0.4) is 0 Å². The van der Waals surface area contributed by atoms with E-state index >= 15 is 0 Å². The lowest BCUT2D eigenvalue weighted by molar-refractivity contribution is 0.525. The van der Waals surface area contributed by atoms with Crippen LogP contribution in [0.2, 0.25) is 0 Å². The van der Waals surface area contributed by atoms with Gasteiger partial charge in [-0.3, -0.25) is 4.99 Å². The van der Waals surface area contributed by atoms with Gasteiger partial charge >= 0.3 is 0 Å². The van der Waals surface area contributed by atoms with Gasteiger partial charge in [-0.2, -0.15) is 0 Å². The van der Waals surface area contributed by atoms with Gasteiger partial charge in [0.25, 0.3) is 0 Å². The summed E-state index contributed by atoms with van der Waals surface area (Å²) in [5.74, 6) is 7.26. The lowest BCUT2D eigenvalue weighted by Gasteiger charge is -2.11. The number of hydrogen-bond acceptors (Lipinski definition) is 2. The van der Waals surface area contributed by atoms with E-state index in [0.717, 1.165) is 93.4 Å². The Labute approximate surface area is 506 Å². The first-order valence-corrected chi connectivity index (χ1v) is 36.3. The molecule has 0 aromatic heterocycles. The molecule has 2 rings (SSSR count). The van der Waals surface area contributed by atoms with E-state index in [1.54, 1.807) is 0 Å². The van der Waals surface area contributed by atoms with Crippen molar-refractivity contribution in [1.82, 2.24) is 0 Å². The molecule has 0 aliphatic carbocycles. The highest BCUT2D eigenvalue weighted by atomic mass is 14.8. The molecule has 0 aliphatic heterocycles. The van der Waals surface area contributed by atoms with E-state index in [-0.39, 0.29) is 0 Å². The SMILES string of the molecule is CCCCCCCCCC#CC(=Nc1ccccc1CCCC=CCCCCCCCCCCCCCCCCCCCC)C(CCCC)=Nc1ccccc1CCCC=CCCCCCCCCCCCCCCCCCCCC. The molecule has 0 N–H and O–H groups in total. The highest BCUT2D eigenvalue weighted by Gasteiger charge is 2.12. The number of hydrogen-bond donors (Lipinski definition) is 0. The van der Waals surface area contributed by atoms with Crippen LogP contribution < -0.4 is 0 Å². The number of nitrogens with zero attached hydrogens (tertiary/aromatic N) is 2. The van der Waals surface area contributed by atoms with Gasteiger partial charge < -0.3 is 0 Å². The average Bonchev–Trinajstić information content (AvgIpc) is 3.48. The first-order chi connectivity index (χ1) is 40.2. The maximum atomic E-state index is 5.51. The van der Waals surface area contributed by atoms with Gasteiger partial charge in [0, 0.05) is 6.42 Å². The summed E-state index contributed by atoms with van der Waals surface area (Å²) in [7, 11) is 0. The Morgan fingerprint density at radius 3 is 0.938 bits per heavy atom. The van der Waals surface area contributed by atoms with Crippen LogP contribution in [0.4, 0.5) is 11.4 Å². The highest BCUT2D eigenvalue weighted by molar-refractivity contribution is 6.49. The van der Waals surface area contributed by atoms with Crippen LogP contribution in [0, 0.1) is 11.8 Å². The van der Waals surface area contributed by atoms with Gasteiger partial charge in [0.05, 0.1) is 17.1 Å². The second-order valence-electron chi connectivity index (χ2n) is 24.9. The fourth-order valence-electron chi connectivity index (χ4n) is 11.6. The fourth-order valence-corrected chi connectivity index (χ4v) is 11.6. The van der Waals surface area contributed by atoms with Crippen LogP contribution >= 0.6 is 0 Å². The molecule has 0 bridgehead atoms. The van der Waals surface area contributed by atoms with Gasteiger partial charge in [0.1, 0.15) is 5.71 Å². The van der Waals surface area contributed by atoms with Crippen molar-refractivity contribution in [1.29, 1.82) is 0 Å². The topological polar surface area (TPSA) is 24.7 Å². The molecule has 0 unspecified atom stereocenters. The van der Waals surface area contributed by atoms with Crippen LogP contribution in [-0.2, 0) is 12.8 Å². The van der Waals surface area contributed by atoms with Crippen LogP contribution in [0.5, 0.6) is 0 Å². The van der Waals surface area contributed by atoms with Gasteiger partial charge in [0.2, 0.25) is 0 Å². The zero-order valence-corrected chi connectivity index (χ0v) is 54.7. The molecule has 2 aromatic carbocycles. The Balaban J connectivity index is 1.84. The molecule has 0 fully saturated rings. The molecule has 2 nitrogen and oxygen atoms in total. The van der Waals surface area contributed by atoms with Crippen molar-refractivity contribution in [2.24, 2.45) is 9.98 Å². The van der Waals surface area contributed by atoms with E-state index in [9.17, 15) is 0 Å². The number of rotatable bonds is 59. The van der Waals surface area contributed by atoms with Crippen molar-refractivity contribution in [3.05, 3.63) is 84.0 Å². The van der Waals surface area contributed by atoms with Crippen molar-refractivity contribution in [2.75, 3.05) is 0 Å². The molecule has 0 saturated carbocycles. The van der Waals surface area contributed by atoms with E-state index < -0.39 is 0 Å². The van der Waals surface area contributed by atoms with Crippen molar-refractivity contribution >= 4 is 22.8 Å². The van der Waals surface area contributed by atoms with Gasteiger partial charge in [0.15, 0.2) is 0 Å². The summed E-state index contributed by atoms with van der Waals surface area (Å²) >= 11 is 0. The maximum Gasteiger partial charge on any atom is 0.135 e. The van der Waals surface area contributed by atoms with Gasteiger partial charge in [-0.1, -0.05) is 358 Å². The van der Waals surface area contributed by atoms with E-state index in [4.69, 9.17) is 9.98 Å². The number of allylic oxidation sites excluding steroid dienone is 4. The van der Waals surface area contributed by atoms with Crippen molar-refractivity contribution in [3.63, 3.8) is 0 Å². The van der Waals surface area contributed by atoms with Crippen LogP contribution in [0.25, 0.3) is 0 Å². The van der Waals surface area contributed by atoms with Crippen molar-refractivity contribution in [2.45, 2.75) is 381 Å². The molecule has 0 spiro atoms. The number of aryl methyl sites for hydroxylation is 2. The van der Waals surface area contributed by atoms with E-state index in [0.29, 0.717) is 0 Å². The number of para-hydroxylation sites is 2. The van der Waals surface area contributed by atoms with E-state index in [1.807, 2.05) is 0 Å². The minimum Gasteiger partial charge on any atom is -0.250 e. The molecule has 0 radical (unpaired) electrons. The predicted octanol–water partition coefficient (Wildman–Crippen LogP) is 27.5. The highest BCUT2D eigenvalue weighted by Crippen LogP contribution is 2.26. The maximum absolute atomic E-state index is 5.51. The third-order valence-electron chi connectivity index (χ3n) is 17.0. The van der Waals surface area contributed by atoms with Crippen LogP contribution in [0.15, 0.2) is 82.8 Å². The summed E-state index contributed by atoms with van der Waals surface area (Å²) in [4.78, 5) is 11.0. The quantitative estimate of drug-likeness (QED) is 0.0273. The Kier molecular flexibility index (Phi) is 54.7. The summed E-state index contributed by atoms with van der Waals surface area (Å²) in [6.45, 7) is 9.21. The Morgan fingerprint density at radius 1 is 0.309 bits per heavy atom. The molecule has 0 saturated heterocycles. The second-order valence-corrected chi connectivity index (χ2v) is 24.9. The van der Waals surface area contributed by atoms with E-state index in [1.165, 1.54) is 294 Å². The summed E-state index contributed by atoms with van der Waals surface area (Å²) in [5, 5.41) is 0. The third kappa shape index (κ3) is 46.8. The summed E-state index contributed by atoms with van der Waals surface area (Å²) in [5.41, 5.74) is 6.75. The first-order valence-electron chi connectivity index (χ1n) is 36.3. The second kappa shape index (κ2) is 60.0. The summed E-state index contributed by atoms with van der Waals surface area (Å²) in [6, 6.07) is 17.7. The molecule has 460 valence electrons. The predicted molar refractivity (Wildman–Crippen MR) is 368 cm³/mol. The molecule has 0 heterocycles. The Hall–Kier alpha value is -3.18. The molecule has 0 amide bonds. The normalized spacial score (nSPS) is 12.1. The largest absolute Gasteiger partial charge is 0.250 e. The van der Waals surface area contributed by atoms with Gasteiger partial charge in [-0.05, 0) is 113 Å². The van der Waals surface area contributed by atoms with E-state index in [2.05, 4.69) is 112 Å². The fraction of sp³-hybridized carbons (Fsp3) is 0.747. The van der Waals surface area contributed by atoms with Crippen LogP contribution in [-0.4, -0.2) is 11.4 Å². The Morgan fingerprint density at radius 2 is 0.593 bits per heavy atom. The Bertz CT molecular complexity index is 1830. The zero-order valence-electron chi connectivity index (χ0n) is 54.7. The lowest BCUT2D eigenvalue weighted by Crippen LogP contribution is -2.13. The number of unbranched alkanes of at least 4 members (excludes halogenated alkanes) is 46. The summed E-state index contributed by atoms with van der Waals surface area (Å²) < 4.78 is 0. The molecule has 2 heteroatoms. The van der Waals surface area contributed by atoms with Crippen LogP contribution in [0.1, 0.15) is 379 Å².